The molecule has 0 bridgehead atoms. The molecule has 9 aromatic carbocycles. The molecule has 0 amide bonds. The highest BCUT2D eigenvalue weighted by Gasteiger charge is 2.46. The molecule has 0 spiro atoms. The Hall–Kier alpha value is -6.81. The van der Waals surface area contributed by atoms with Gasteiger partial charge in [-0.2, -0.15) is 0 Å². The van der Waals surface area contributed by atoms with Crippen molar-refractivity contribution in [2.45, 2.75) is 17.7 Å². The van der Waals surface area contributed by atoms with Crippen LogP contribution in [-0.2, 0) is 5.41 Å². The molecule has 0 radical (unpaired) electrons. The number of nitrogens with one attached hydrogen (secondary N) is 2. The molecule has 0 aromatic heterocycles. The van der Waals surface area contributed by atoms with Crippen molar-refractivity contribution in [1.29, 1.82) is 0 Å². The minimum atomic E-state index is -0.493. The van der Waals surface area contributed by atoms with Gasteiger partial charge in [0.25, 0.3) is 0 Å². The van der Waals surface area contributed by atoms with Crippen LogP contribution < -0.4 is 10.6 Å². The molecule has 0 saturated heterocycles. The second-order valence-electron chi connectivity index (χ2n) is 14.7. The molecule has 0 fully saturated rings. The Kier molecular flexibility index (Phi) is 7.29. The highest BCUT2D eigenvalue weighted by atomic mass is 15.3. The lowest BCUT2D eigenvalue weighted by Crippen LogP contribution is -2.45. The van der Waals surface area contributed by atoms with Crippen LogP contribution in [0.1, 0.15) is 51.3 Å². The third-order valence-electron chi connectivity index (χ3n) is 11.8. The van der Waals surface area contributed by atoms with Crippen molar-refractivity contribution in [2.75, 3.05) is 0 Å². The summed E-state index contributed by atoms with van der Waals surface area (Å²) in [6, 6.07) is 72.9. The fourth-order valence-electron chi connectivity index (χ4n) is 9.39. The van der Waals surface area contributed by atoms with Crippen molar-refractivity contribution in [3.63, 3.8) is 0 Å². The lowest BCUT2D eigenvalue weighted by atomic mass is 9.67. The summed E-state index contributed by atoms with van der Waals surface area (Å²) in [6.45, 7) is 0. The van der Waals surface area contributed by atoms with Crippen LogP contribution in [0.3, 0.4) is 0 Å². The first-order valence-electron chi connectivity index (χ1n) is 19.1. The van der Waals surface area contributed by atoms with E-state index in [1.54, 1.807) is 0 Å². The lowest BCUT2D eigenvalue weighted by Gasteiger charge is -2.35. The van der Waals surface area contributed by atoms with Gasteiger partial charge in [0.1, 0.15) is 18.2 Å². The molecule has 1 heterocycles. The van der Waals surface area contributed by atoms with Crippen LogP contribution in [0, 0.1) is 0 Å². The summed E-state index contributed by atoms with van der Waals surface area (Å²) in [6.07, 6.45) is -0.509. The maximum absolute atomic E-state index is 5.67. The zero-order valence-corrected chi connectivity index (χ0v) is 30.2. The minimum absolute atomic E-state index is 0.179. The molecule has 2 atom stereocenters. The van der Waals surface area contributed by atoms with Gasteiger partial charge in [0.2, 0.25) is 0 Å². The molecule has 2 N–H and O–H groups in total. The Labute approximate surface area is 320 Å². The number of benzene rings is 9. The zero-order chi connectivity index (χ0) is 36.3. The largest absolute Gasteiger partial charge is 0.350 e. The molecular formula is C52H37N3. The summed E-state index contributed by atoms with van der Waals surface area (Å²) >= 11 is 0. The number of rotatable bonds is 5. The number of nitrogens with zero attached hydrogens (tertiary/aromatic N) is 1. The molecular weight excluding hydrogens is 667 g/mol. The van der Waals surface area contributed by atoms with Gasteiger partial charge in [0.15, 0.2) is 0 Å². The first-order chi connectivity index (χ1) is 27.3. The van der Waals surface area contributed by atoms with E-state index in [1.165, 1.54) is 65.7 Å². The Morgan fingerprint density at radius 2 is 1.04 bits per heavy atom. The molecule has 2 aliphatic rings. The van der Waals surface area contributed by atoms with Gasteiger partial charge in [-0.1, -0.05) is 194 Å². The van der Waals surface area contributed by atoms with Gasteiger partial charge in [-0.05, 0) is 77.5 Å². The third-order valence-corrected chi connectivity index (χ3v) is 11.8. The van der Waals surface area contributed by atoms with E-state index >= 15 is 0 Å². The van der Waals surface area contributed by atoms with Crippen LogP contribution >= 0.6 is 0 Å². The molecule has 2 unspecified atom stereocenters. The topological polar surface area (TPSA) is 36.4 Å². The van der Waals surface area contributed by atoms with Crippen LogP contribution in [-0.4, -0.2) is 5.84 Å². The minimum Gasteiger partial charge on any atom is -0.350 e. The number of aliphatic imine (C=N–C) groups is 1. The first-order valence-corrected chi connectivity index (χ1v) is 19.1. The average Bonchev–Trinajstić information content (AvgIpc) is 3.56. The molecule has 1 aliphatic carbocycles. The van der Waals surface area contributed by atoms with Gasteiger partial charge in [0.05, 0.1) is 5.41 Å². The van der Waals surface area contributed by atoms with E-state index in [-0.39, 0.29) is 12.3 Å². The Morgan fingerprint density at radius 1 is 0.436 bits per heavy atom. The summed E-state index contributed by atoms with van der Waals surface area (Å²) in [5, 5.41) is 15.1. The van der Waals surface area contributed by atoms with E-state index in [0.29, 0.717) is 0 Å². The van der Waals surface area contributed by atoms with E-state index in [1.807, 2.05) is 0 Å². The van der Waals surface area contributed by atoms with E-state index < -0.39 is 5.41 Å². The molecule has 11 rings (SSSR count). The Morgan fingerprint density at radius 3 is 1.80 bits per heavy atom. The predicted octanol–water partition coefficient (Wildman–Crippen LogP) is 11.8. The smallest absolute Gasteiger partial charge is 0.133 e. The number of hydrogen-bond donors (Lipinski definition) is 2. The zero-order valence-electron chi connectivity index (χ0n) is 30.2. The fraction of sp³-hybridized carbons (Fsp3) is 0.0577. The van der Waals surface area contributed by atoms with Crippen LogP contribution in [0.25, 0.3) is 43.4 Å². The van der Waals surface area contributed by atoms with Gasteiger partial charge in [-0.25, -0.2) is 4.99 Å². The van der Waals surface area contributed by atoms with Crippen LogP contribution in [0.4, 0.5) is 0 Å². The van der Waals surface area contributed by atoms with Gasteiger partial charge in [-0.3, -0.25) is 5.32 Å². The quantitative estimate of drug-likeness (QED) is 0.138. The van der Waals surface area contributed by atoms with E-state index in [2.05, 4.69) is 211 Å². The molecule has 1 aliphatic heterocycles. The standard InChI is InChI=1S/C52H37N3/c1-4-17-35(18-5-1)49-53-50(55-51(54-49)48-42-25-13-11-19-36(42)32-37-29-28-34-16-10-12-24-41(34)47(37)48)38-30-31-44-43-26-14-15-27-45(43)52(46(44)33-38,39-20-6-2-7-21-39)40-22-8-3-9-23-40/h1-33,49-50,53H,(H,54,55). The van der Waals surface area contributed by atoms with Crippen molar-refractivity contribution in [3.8, 4) is 11.1 Å². The summed E-state index contributed by atoms with van der Waals surface area (Å²) in [5.74, 6) is 0.886. The normalized spacial score (nSPS) is 17.1. The van der Waals surface area contributed by atoms with Crippen molar-refractivity contribution in [2.24, 2.45) is 4.99 Å². The second-order valence-corrected chi connectivity index (χ2v) is 14.7. The molecule has 3 nitrogen and oxygen atoms in total. The summed E-state index contributed by atoms with van der Waals surface area (Å²) in [5.41, 5.74) is 10.5. The third kappa shape index (κ3) is 4.90. The summed E-state index contributed by atoms with van der Waals surface area (Å²) in [7, 11) is 0. The lowest BCUT2D eigenvalue weighted by molar-refractivity contribution is 0.409. The monoisotopic (exact) mass is 703 g/mol. The fourth-order valence-corrected chi connectivity index (χ4v) is 9.39. The summed E-state index contributed by atoms with van der Waals surface area (Å²) < 4.78 is 0. The number of hydrogen-bond acceptors (Lipinski definition) is 3. The van der Waals surface area contributed by atoms with Gasteiger partial charge < -0.3 is 5.32 Å². The Bertz CT molecular complexity index is 2890. The highest BCUT2D eigenvalue weighted by Crippen LogP contribution is 2.56. The van der Waals surface area contributed by atoms with Crippen molar-refractivity contribution in [3.05, 3.63) is 239 Å². The highest BCUT2D eigenvalue weighted by molar-refractivity contribution is 6.26. The van der Waals surface area contributed by atoms with Gasteiger partial charge in [0, 0.05) is 10.9 Å². The van der Waals surface area contributed by atoms with Crippen molar-refractivity contribution < 1.29 is 0 Å². The molecule has 9 aromatic rings. The predicted molar refractivity (Wildman–Crippen MR) is 227 cm³/mol. The second kappa shape index (κ2) is 12.7. The molecule has 0 saturated carbocycles. The number of amidine groups is 1. The SMILES string of the molecule is c1ccc(C2NC(c3c4ccccc4cc4ccc5ccccc5c34)=NC(c3ccc4c(c3)C(c3ccccc3)(c3ccccc3)c3ccccc3-4)N2)cc1. The average molecular weight is 704 g/mol. The Balaban J connectivity index is 1.17. The molecule has 260 valence electrons. The summed E-state index contributed by atoms with van der Waals surface area (Å²) in [4.78, 5) is 5.67. The van der Waals surface area contributed by atoms with E-state index in [9.17, 15) is 0 Å². The maximum Gasteiger partial charge on any atom is 0.133 e. The number of fused-ring (bicyclic) bond motifs is 7. The van der Waals surface area contributed by atoms with Gasteiger partial charge in [-0.15, -0.1) is 0 Å². The molecule has 55 heavy (non-hydrogen) atoms. The van der Waals surface area contributed by atoms with Crippen molar-refractivity contribution >= 4 is 38.2 Å². The maximum atomic E-state index is 5.67. The van der Waals surface area contributed by atoms with Crippen LogP contribution in [0.15, 0.2) is 205 Å². The van der Waals surface area contributed by atoms with E-state index in [0.717, 1.165) is 22.5 Å². The van der Waals surface area contributed by atoms with Gasteiger partial charge >= 0.3 is 0 Å². The van der Waals surface area contributed by atoms with Crippen LogP contribution in [0.2, 0.25) is 0 Å². The van der Waals surface area contributed by atoms with Crippen molar-refractivity contribution in [1.82, 2.24) is 10.6 Å². The first kappa shape index (κ1) is 31.7. The molecule has 3 heteroatoms. The van der Waals surface area contributed by atoms with E-state index in [4.69, 9.17) is 4.99 Å². The van der Waals surface area contributed by atoms with Crippen LogP contribution in [0.5, 0.6) is 0 Å².